The second-order valence-corrected chi connectivity index (χ2v) is 7.18. The smallest absolute Gasteiger partial charge is 0.246 e. The Morgan fingerprint density at radius 3 is 2.75 bits per heavy atom. The molecular formula is C21H18N4O2S. The van der Waals surface area contributed by atoms with Crippen molar-refractivity contribution in [2.45, 2.75) is 18.9 Å². The fourth-order valence-electron chi connectivity index (χ4n) is 2.92. The minimum atomic E-state index is -0.329. The summed E-state index contributed by atoms with van der Waals surface area (Å²) in [5, 5.41) is 8.85. The summed E-state index contributed by atoms with van der Waals surface area (Å²) in [5.41, 5.74) is 1.96. The molecule has 0 saturated heterocycles. The van der Waals surface area contributed by atoms with Crippen molar-refractivity contribution in [3.05, 3.63) is 89.4 Å². The van der Waals surface area contributed by atoms with Gasteiger partial charge in [-0.3, -0.25) is 9.78 Å². The van der Waals surface area contributed by atoms with Gasteiger partial charge in [0, 0.05) is 12.4 Å². The predicted octanol–water partition coefficient (Wildman–Crippen LogP) is 3.84. The van der Waals surface area contributed by atoms with E-state index in [9.17, 15) is 4.79 Å². The van der Waals surface area contributed by atoms with E-state index in [-0.39, 0.29) is 18.4 Å². The Bertz CT molecular complexity index is 1020. The zero-order valence-electron chi connectivity index (χ0n) is 15.0. The van der Waals surface area contributed by atoms with E-state index in [4.69, 9.17) is 4.52 Å². The van der Waals surface area contributed by atoms with Crippen molar-refractivity contribution in [3.8, 4) is 10.7 Å². The molecule has 1 aromatic carbocycles. The summed E-state index contributed by atoms with van der Waals surface area (Å²) in [6, 6.07) is 17.4. The fraction of sp³-hybridized carbons (Fsp3) is 0.143. The third-order valence-electron chi connectivity index (χ3n) is 4.30. The van der Waals surface area contributed by atoms with Crippen LogP contribution in [-0.4, -0.2) is 21.0 Å². The molecule has 4 rings (SSSR count). The topological polar surface area (TPSA) is 80.9 Å². The zero-order valence-corrected chi connectivity index (χ0v) is 15.8. The van der Waals surface area contributed by atoms with Crippen LogP contribution in [0.15, 0.2) is 76.9 Å². The van der Waals surface area contributed by atoms with Crippen LogP contribution in [0.25, 0.3) is 10.7 Å². The number of aromatic nitrogens is 3. The van der Waals surface area contributed by atoms with E-state index in [0.717, 1.165) is 16.0 Å². The molecule has 1 atom stereocenters. The van der Waals surface area contributed by atoms with Crippen molar-refractivity contribution in [2.24, 2.45) is 0 Å². The van der Waals surface area contributed by atoms with E-state index in [1.165, 1.54) is 11.3 Å². The van der Waals surface area contributed by atoms with Crippen LogP contribution in [0, 0.1) is 0 Å². The van der Waals surface area contributed by atoms with E-state index in [1.54, 1.807) is 12.4 Å². The molecule has 6 nitrogen and oxygen atoms in total. The van der Waals surface area contributed by atoms with Gasteiger partial charge >= 0.3 is 0 Å². The first-order chi connectivity index (χ1) is 13.8. The summed E-state index contributed by atoms with van der Waals surface area (Å²) in [6.07, 6.45) is 4.07. The summed E-state index contributed by atoms with van der Waals surface area (Å²) in [6.45, 7) is 0.188. The lowest BCUT2D eigenvalue weighted by atomic mass is 9.92. The lowest BCUT2D eigenvalue weighted by Crippen LogP contribution is -2.30. The normalized spacial score (nSPS) is 11.9. The zero-order chi connectivity index (χ0) is 19.2. The molecule has 0 aliphatic rings. The molecule has 28 heavy (non-hydrogen) atoms. The molecule has 7 heteroatoms. The number of benzene rings is 1. The Balaban J connectivity index is 1.46. The quantitative estimate of drug-likeness (QED) is 0.519. The van der Waals surface area contributed by atoms with Gasteiger partial charge in [-0.1, -0.05) is 47.6 Å². The number of carbonyl (C=O) groups excluding carboxylic acids is 1. The summed E-state index contributed by atoms with van der Waals surface area (Å²) in [4.78, 5) is 22.4. The van der Waals surface area contributed by atoms with Crippen molar-refractivity contribution in [2.75, 3.05) is 0 Å². The van der Waals surface area contributed by atoms with Crippen LogP contribution >= 0.6 is 11.3 Å². The van der Waals surface area contributed by atoms with Gasteiger partial charge in [0.25, 0.3) is 0 Å². The number of rotatable bonds is 7. The Kier molecular flexibility index (Phi) is 5.53. The van der Waals surface area contributed by atoms with Crippen LogP contribution in [0.3, 0.4) is 0 Å². The second kappa shape index (κ2) is 8.58. The maximum Gasteiger partial charge on any atom is 0.246 e. The van der Waals surface area contributed by atoms with Crippen molar-refractivity contribution < 1.29 is 9.32 Å². The molecule has 0 aliphatic heterocycles. The van der Waals surface area contributed by atoms with Gasteiger partial charge in [-0.05, 0) is 35.1 Å². The molecule has 140 valence electrons. The first-order valence-electron chi connectivity index (χ1n) is 8.87. The third kappa shape index (κ3) is 4.32. The number of nitrogens with zero attached hydrogens (tertiary/aromatic N) is 3. The van der Waals surface area contributed by atoms with Gasteiger partial charge in [0.2, 0.25) is 17.6 Å². The number of hydrogen-bond donors (Lipinski definition) is 1. The number of thiophene rings is 1. The summed E-state index contributed by atoms with van der Waals surface area (Å²) < 4.78 is 5.26. The largest absolute Gasteiger partial charge is 0.346 e. The van der Waals surface area contributed by atoms with E-state index in [1.807, 2.05) is 60.0 Å². The molecule has 0 bridgehead atoms. The van der Waals surface area contributed by atoms with Crippen LogP contribution in [-0.2, 0) is 17.8 Å². The Morgan fingerprint density at radius 1 is 1.11 bits per heavy atom. The van der Waals surface area contributed by atoms with Crippen LogP contribution in [0.1, 0.15) is 22.9 Å². The summed E-state index contributed by atoms with van der Waals surface area (Å²) >= 11 is 1.54. The Hall–Kier alpha value is -3.32. The summed E-state index contributed by atoms with van der Waals surface area (Å²) in [5.74, 6) is 0.496. The number of hydrogen-bond acceptors (Lipinski definition) is 6. The van der Waals surface area contributed by atoms with Crippen LogP contribution in [0.4, 0.5) is 0 Å². The average molecular weight is 390 g/mol. The highest BCUT2D eigenvalue weighted by molar-refractivity contribution is 7.13. The molecular weight excluding hydrogens is 372 g/mol. The molecule has 0 spiro atoms. The van der Waals surface area contributed by atoms with Crippen LogP contribution in [0.5, 0.6) is 0 Å². The molecule has 1 amide bonds. The van der Waals surface area contributed by atoms with Gasteiger partial charge < -0.3 is 9.84 Å². The molecule has 1 N–H and O–H groups in total. The number of amides is 1. The predicted molar refractivity (Wildman–Crippen MR) is 107 cm³/mol. The van der Waals surface area contributed by atoms with Crippen molar-refractivity contribution in [1.82, 2.24) is 20.4 Å². The summed E-state index contributed by atoms with van der Waals surface area (Å²) in [7, 11) is 0. The maximum atomic E-state index is 12.9. The molecule has 0 saturated carbocycles. The van der Waals surface area contributed by atoms with E-state index in [0.29, 0.717) is 18.1 Å². The fourth-order valence-corrected chi connectivity index (χ4v) is 3.57. The molecule has 3 heterocycles. The van der Waals surface area contributed by atoms with Crippen molar-refractivity contribution in [3.63, 3.8) is 0 Å². The van der Waals surface area contributed by atoms with Gasteiger partial charge in [-0.25, -0.2) is 0 Å². The lowest BCUT2D eigenvalue weighted by Gasteiger charge is -2.16. The molecule has 0 aliphatic carbocycles. The van der Waals surface area contributed by atoms with Crippen LogP contribution in [0.2, 0.25) is 0 Å². The minimum Gasteiger partial charge on any atom is -0.346 e. The lowest BCUT2D eigenvalue weighted by molar-refractivity contribution is -0.122. The number of pyridine rings is 1. The van der Waals surface area contributed by atoms with E-state index in [2.05, 4.69) is 20.4 Å². The maximum absolute atomic E-state index is 12.9. The first kappa shape index (κ1) is 18.1. The molecule has 0 radical (unpaired) electrons. The molecule has 4 aromatic rings. The van der Waals surface area contributed by atoms with E-state index >= 15 is 0 Å². The van der Waals surface area contributed by atoms with Gasteiger partial charge in [0.15, 0.2) is 0 Å². The molecule has 1 unspecified atom stereocenters. The SMILES string of the molecule is O=C(NCc1nc(-c2cccs2)no1)C(Cc1cccnc1)c1ccccc1. The molecule has 0 fully saturated rings. The minimum absolute atomic E-state index is 0.0917. The second-order valence-electron chi connectivity index (χ2n) is 6.24. The van der Waals surface area contributed by atoms with Gasteiger partial charge in [-0.15, -0.1) is 11.3 Å². The van der Waals surface area contributed by atoms with Gasteiger partial charge in [0.1, 0.15) is 0 Å². The van der Waals surface area contributed by atoms with Crippen molar-refractivity contribution >= 4 is 17.2 Å². The Morgan fingerprint density at radius 2 is 2.00 bits per heavy atom. The standard InChI is InChI=1S/C21H18N4O2S/c26-21(23-14-19-24-20(25-27-19)18-9-5-11-28-18)17(16-7-2-1-3-8-16)12-15-6-4-10-22-13-15/h1-11,13,17H,12,14H2,(H,23,26). The average Bonchev–Trinajstić information content (AvgIpc) is 3.43. The van der Waals surface area contributed by atoms with E-state index < -0.39 is 0 Å². The third-order valence-corrected chi connectivity index (χ3v) is 5.17. The van der Waals surface area contributed by atoms with Gasteiger partial charge in [0.05, 0.1) is 17.3 Å². The number of carbonyl (C=O) groups is 1. The monoisotopic (exact) mass is 390 g/mol. The highest BCUT2D eigenvalue weighted by atomic mass is 32.1. The van der Waals surface area contributed by atoms with Gasteiger partial charge in [-0.2, -0.15) is 4.98 Å². The number of nitrogens with one attached hydrogen (secondary N) is 1. The highest BCUT2D eigenvalue weighted by Gasteiger charge is 2.22. The first-order valence-corrected chi connectivity index (χ1v) is 9.75. The molecule has 3 aromatic heterocycles. The highest BCUT2D eigenvalue weighted by Crippen LogP contribution is 2.22. The van der Waals surface area contributed by atoms with Crippen molar-refractivity contribution in [1.29, 1.82) is 0 Å². The van der Waals surface area contributed by atoms with Crippen LogP contribution < -0.4 is 5.32 Å². The Labute approximate surface area is 166 Å².